The second-order valence-corrected chi connectivity index (χ2v) is 5.64. The van der Waals surface area contributed by atoms with Gasteiger partial charge in [0, 0.05) is 10.9 Å². The van der Waals surface area contributed by atoms with Gasteiger partial charge < -0.3 is 9.57 Å². The molecule has 3 rings (SSSR count). The van der Waals surface area contributed by atoms with Crippen LogP contribution in [0, 0.1) is 0 Å². The van der Waals surface area contributed by atoms with E-state index in [-0.39, 0.29) is 13.2 Å². The maximum Gasteiger partial charge on any atom is 0.183 e. The summed E-state index contributed by atoms with van der Waals surface area (Å²) in [6.45, 7) is 2.12. The Labute approximate surface area is 126 Å². The van der Waals surface area contributed by atoms with Gasteiger partial charge in [0.2, 0.25) is 0 Å². The Hall–Kier alpha value is -1.79. The highest BCUT2D eigenvalue weighted by Gasteiger charge is 2.30. The van der Waals surface area contributed by atoms with Crippen molar-refractivity contribution in [2.24, 2.45) is 5.16 Å². The summed E-state index contributed by atoms with van der Waals surface area (Å²) in [5, 5.41) is 6.82. The molecule has 1 fully saturated rings. The quantitative estimate of drug-likeness (QED) is 0.643. The number of nitrogens with zero attached hydrogens (tertiary/aromatic N) is 2. The summed E-state index contributed by atoms with van der Waals surface area (Å²) in [5.41, 5.74) is 2.44. The van der Waals surface area contributed by atoms with E-state index in [1.54, 1.807) is 18.3 Å². The predicted molar refractivity (Wildman–Crippen MR) is 80.3 cm³/mol. The van der Waals surface area contributed by atoms with Crippen molar-refractivity contribution < 1.29 is 14.0 Å². The van der Waals surface area contributed by atoms with Crippen molar-refractivity contribution in [3.63, 3.8) is 0 Å². The molecule has 0 N–H and O–H groups in total. The Balaban J connectivity index is 1.70. The molecule has 2 aromatic rings. The van der Waals surface area contributed by atoms with Crippen LogP contribution in [0.5, 0.6) is 0 Å². The van der Waals surface area contributed by atoms with E-state index in [9.17, 15) is 4.39 Å². The minimum Gasteiger partial charge on any atom is -0.387 e. The Kier molecular flexibility index (Phi) is 4.26. The van der Waals surface area contributed by atoms with Gasteiger partial charge in [0.15, 0.2) is 12.3 Å². The Bertz CT molecular complexity index is 630. The maximum absolute atomic E-state index is 13.3. The molecule has 6 heteroatoms. The standard InChI is InChI=1S/C15H15FN2O2S/c1-10(18-20-14-8-19-7-12(14)16)13-9-21-15(17-13)11-5-3-2-4-6-11/h2-6,9,12,14H,7-8H2,1H3/b18-10+/t12-,14+/m0/s1. The Morgan fingerprint density at radius 3 is 2.90 bits per heavy atom. The molecule has 0 unspecified atom stereocenters. The average molecular weight is 306 g/mol. The summed E-state index contributed by atoms with van der Waals surface area (Å²) < 4.78 is 18.3. The van der Waals surface area contributed by atoms with Crippen LogP contribution in [-0.4, -0.2) is 36.2 Å². The molecule has 0 amide bonds. The zero-order valence-corrected chi connectivity index (χ0v) is 12.3. The summed E-state index contributed by atoms with van der Waals surface area (Å²) in [6.07, 6.45) is -1.73. The lowest BCUT2D eigenvalue weighted by molar-refractivity contribution is 0.0212. The van der Waals surface area contributed by atoms with Crippen LogP contribution in [0.2, 0.25) is 0 Å². The molecular formula is C15H15FN2O2S. The largest absolute Gasteiger partial charge is 0.387 e. The molecule has 1 aliphatic heterocycles. The van der Waals surface area contributed by atoms with Gasteiger partial charge in [-0.05, 0) is 6.92 Å². The molecule has 0 bridgehead atoms. The number of benzene rings is 1. The lowest BCUT2D eigenvalue weighted by atomic mass is 10.2. The second kappa shape index (κ2) is 6.32. The predicted octanol–water partition coefficient (Wildman–Crippen LogP) is 3.29. The lowest BCUT2D eigenvalue weighted by Gasteiger charge is -2.08. The molecule has 1 aromatic heterocycles. The minimum atomic E-state index is -1.11. The van der Waals surface area contributed by atoms with Crippen molar-refractivity contribution >= 4 is 17.0 Å². The van der Waals surface area contributed by atoms with Gasteiger partial charge in [0.05, 0.1) is 18.9 Å². The van der Waals surface area contributed by atoms with Crippen molar-refractivity contribution in [3.8, 4) is 10.6 Å². The summed E-state index contributed by atoms with van der Waals surface area (Å²) in [5.74, 6) is 0. The first-order valence-electron chi connectivity index (χ1n) is 6.67. The molecule has 1 aliphatic rings. The van der Waals surface area contributed by atoms with E-state index in [1.165, 1.54) is 0 Å². The van der Waals surface area contributed by atoms with Gasteiger partial charge in [-0.15, -0.1) is 11.3 Å². The molecule has 0 spiro atoms. The number of alkyl halides is 1. The van der Waals surface area contributed by atoms with Gasteiger partial charge in [0.25, 0.3) is 0 Å². The third-order valence-electron chi connectivity index (χ3n) is 3.18. The van der Waals surface area contributed by atoms with E-state index in [0.717, 1.165) is 16.3 Å². The van der Waals surface area contributed by atoms with Crippen molar-refractivity contribution in [1.29, 1.82) is 0 Å². The van der Waals surface area contributed by atoms with Crippen molar-refractivity contribution in [2.45, 2.75) is 19.2 Å². The number of rotatable bonds is 4. The summed E-state index contributed by atoms with van der Waals surface area (Å²) in [7, 11) is 0. The van der Waals surface area contributed by atoms with E-state index in [1.807, 2.05) is 35.7 Å². The molecular weight excluding hydrogens is 291 g/mol. The van der Waals surface area contributed by atoms with Gasteiger partial charge >= 0.3 is 0 Å². The fourth-order valence-corrected chi connectivity index (χ4v) is 2.82. The van der Waals surface area contributed by atoms with Crippen LogP contribution in [0.4, 0.5) is 4.39 Å². The molecule has 2 atom stereocenters. The number of ether oxygens (including phenoxy) is 1. The van der Waals surface area contributed by atoms with Crippen LogP contribution >= 0.6 is 11.3 Å². The van der Waals surface area contributed by atoms with Crippen LogP contribution < -0.4 is 0 Å². The topological polar surface area (TPSA) is 43.7 Å². The highest BCUT2D eigenvalue weighted by atomic mass is 32.1. The van der Waals surface area contributed by atoms with E-state index < -0.39 is 12.3 Å². The van der Waals surface area contributed by atoms with E-state index >= 15 is 0 Å². The molecule has 0 aliphatic carbocycles. The number of halogens is 1. The number of hydrogen-bond donors (Lipinski definition) is 0. The maximum atomic E-state index is 13.3. The van der Waals surface area contributed by atoms with Crippen LogP contribution in [0.25, 0.3) is 10.6 Å². The van der Waals surface area contributed by atoms with Gasteiger partial charge in [0.1, 0.15) is 10.7 Å². The smallest absolute Gasteiger partial charge is 0.183 e. The summed E-state index contributed by atoms with van der Waals surface area (Å²) in [6, 6.07) is 9.93. The molecule has 110 valence electrons. The summed E-state index contributed by atoms with van der Waals surface area (Å²) >= 11 is 1.54. The second-order valence-electron chi connectivity index (χ2n) is 4.78. The van der Waals surface area contributed by atoms with Crippen molar-refractivity contribution in [2.75, 3.05) is 13.2 Å². The molecule has 21 heavy (non-hydrogen) atoms. The van der Waals surface area contributed by atoms with Crippen LogP contribution in [0.1, 0.15) is 12.6 Å². The van der Waals surface area contributed by atoms with Gasteiger partial charge in [-0.25, -0.2) is 9.37 Å². The lowest BCUT2D eigenvalue weighted by Crippen LogP contribution is -2.21. The van der Waals surface area contributed by atoms with Crippen LogP contribution in [0.15, 0.2) is 40.9 Å². The first-order valence-corrected chi connectivity index (χ1v) is 7.55. The third-order valence-corrected chi connectivity index (χ3v) is 4.07. The molecule has 4 nitrogen and oxygen atoms in total. The molecule has 2 heterocycles. The Morgan fingerprint density at radius 2 is 2.19 bits per heavy atom. The van der Waals surface area contributed by atoms with Crippen LogP contribution in [-0.2, 0) is 9.57 Å². The van der Waals surface area contributed by atoms with Crippen molar-refractivity contribution in [1.82, 2.24) is 4.98 Å². The number of aromatic nitrogens is 1. The zero-order chi connectivity index (χ0) is 14.7. The normalized spacial score (nSPS) is 22.5. The number of thiazole rings is 1. The zero-order valence-electron chi connectivity index (χ0n) is 11.5. The highest BCUT2D eigenvalue weighted by molar-refractivity contribution is 7.13. The van der Waals surface area contributed by atoms with Gasteiger partial charge in [-0.1, -0.05) is 35.5 Å². The monoisotopic (exact) mass is 306 g/mol. The van der Waals surface area contributed by atoms with Gasteiger partial charge in [-0.3, -0.25) is 0 Å². The third kappa shape index (κ3) is 3.28. The fraction of sp³-hybridized carbons (Fsp3) is 0.333. The Morgan fingerprint density at radius 1 is 1.38 bits per heavy atom. The molecule has 0 saturated carbocycles. The highest BCUT2D eigenvalue weighted by Crippen LogP contribution is 2.23. The molecule has 1 aromatic carbocycles. The van der Waals surface area contributed by atoms with Gasteiger partial charge in [-0.2, -0.15) is 0 Å². The number of hydrogen-bond acceptors (Lipinski definition) is 5. The first kappa shape index (κ1) is 14.2. The average Bonchev–Trinajstić information content (AvgIpc) is 3.15. The van der Waals surface area contributed by atoms with Crippen LogP contribution in [0.3, 0.4) is 0 Å². The van der Waals surface area contributed by atoms with E-state index in [4.69, 9.17) is 9.57 Å². The SMILES string of the molecule is C/C(=N\O[C@@H]1COC[C@@H]1F)c1csc(-c2ccccc2)n1. The van der Waals surface area contributed by atoms with E-state index in [2.05, 4.69) is 10.1 Å². The number of oxime groups is 1. The fourth-order valence-electron chi connectivity index (χ4n) is 1.95. The first-order chi connectivity index (χ1) is 10.2. The molecule has 0 radical (unpaired) electrons. The van der Waals surface area contributed by atoms with E-state index in [0.29, 0.717) is 5.71 Å². The van der Waals surface area contributed by atoms with Crippen molar-refractivity contribution in [3.05, 3.63) is 41.4 Å². The molecule has 1 saturated heterocycles. The summed E-state index contributed by atoms with van der Waals surface area (Å²) in [4.78, 5) is 9.73. The minimum absolute atomic E-state index is 0.0775.